The first-order valence-corrected chi connectivity index (χ1v) is 3.64. The van der Waals surface area contributed by atoms with Crippen molar-refractivity contribution in [3.8, 4) is 0 Å². The zero-order chi connectivity index (χ0) is 7.98. The van der Waals surface area contributed by atoms with Crippen LogP contribution in [0.2, 0.25) is 0 Å². The van der Waals surface area contributed by atoms with Gasteiger partial charge in [-0.15, -0.1) is 6.58 Å². The van der Waals surface area contributed by atoms with Crippen molar-refractivity contribution < 1.29 is 0 Å². The summed E-state index contributed by atoms with van der Waals surface area (Å²) >= 11 is 0. The number of allylic oxidation sites excluding steroid dienone is 5. The summed E-state index contributed by atoms with van der Waals surface area (Å²) in [7, 11) is 0. The third-order valence-corrected chi connectivity index (χ3v) is 1.62. The predicted molar refractivity (Wildman–Crippen MR) is 47.9 cm³/mol. The van der Waals surface area contributed by atoms with E-state index in [9.17, 15) is 0 Å². The predicted octanol–water partition coefficient (Wildman–Crippen LogP) is 3.33. The van der Waals surface area contributed by atoms with Crippen LogP contribution in [0.3, 0.4) is 0 Å². The molecule has 0 spiro atoms. The normalized spacial score (nSPS) is 15.7. The van der Waals surface area contributed by atoms with E-state index in [0.29, 0.717) is 5.92 Å². The first kappa shape index (κ1) is 9.22. The topological polar surface area (TPSA) is 0 Å². The molecule has 0 saturated heterocycles. The van der Waals surface area contributed by atoms with Crippen LogP contribution in [0.4, 0.5) is 0 Å². The van der Waals surface area contributed by atoms with Crippen molar-refractivity contribution in [2.75, 3.05) is 0 Å². The highest BCUT2D eigenvalue weighted by Crippen LogP contribution is 2.09. The molecule has 0 rings (SSSR count). The average Bonchev–Trinajstić information content (AvgIpc) is 1.98. The molecular formula is C10H16. The Balaban J connectivity index is 4.03. The van der Waals surface area contributed by atoms with Crippen molar-refractivity contribution in [3.63, 3.8) is 0 Å². The summed E-state index contributed by atoms with van der Waals surface area (Å²) in [5, 5.41) is 0. The van der Waals surface area contributed by atoms with Crippen molar-refractivity contribution in [1.82, 2.24) is 0 Å². The van der Waals surface area contributed by atoms with E-state index in [0.717, 1.165) is 0 Å². The molecule has 0 aromatic heterocycles. The molecule has 0 nitrogen and oxygen atoms in total. The van der Waals surface area contributed by atoms with E-state index >= 15 is 0 Å². The molecule has 56 valence electrons. The minimum atomic E-state index is 0.496. The first-order chi connectivity index (χ1) is 4.72. The highest BCUT2D eigenvalue weighted by atomic mass is 14.0. The number of hydrogen-bond donors (Lipinski definition) is 0. The van der Waals surface area contributed by atoms with Crippen LogP contribution in [-0.4, -0.2) is 0 Å². The minimum Gasteiger partial charge on any atom is -0.102 e. The molecule has 0 bridgehead atoms. The molecule has 10 heavy (non-hydrogen) atoms. The van der Waals surface area contributed by atoms with E-state index in [4.69, 9.17) is 0 Å². The lowest BCUT2D eigenvalue weighted by atomic mass is 10.0. The van der Waals surface area contributed by atoms with Crippen LogP contribution in [-0.2, 0) is 0 Å². The molecule has 0 saturated carbocycles. The molecule has 0 aromatic rings. The minimum absolute atomic E-state index is 0.496. The fourth-order valence-electron chi connectivity index (χ4n) is 0.586. The SMILES string of the molecule is C=CC(C)/C(C)=C/C=C\C. The second-order valence-corrected chi connectivity index (χ2v) is 2.46. The molecule has 1 unspecified atom stereocenters. The zero-order valence-electron chi connectivity index (χ0n) is 7.09. The quantitative estimate of drug-likeness (QED) is 0.412. The lowest BCUT2D eigenvalue weighted by Crippen LogP contribution is -1.88. The molecule has 0 aliphatic carbocycles. The van der Waals surface area contributed by atoms with Gasteiger partial charge in [0.05, 0.1) is 0 Å². The second-order valence-electron chi connectivity index (χ2n) is 2.46. The van der Waals surface area contributed by atoms with Crippen LogP contribution >= 0.6 is 0 Å². The number of hydrogen-bond acceptors (Lipinski definition) is 0. The summed E-state index contributed by atoms with van der Waals surface area (Å²) in [6.07, 6.45) is 8.15. The molecule has 1 atom stereocenters. The molecule has 0 heteroatoms. The van der Waals surface area contributed by atoms with Crippen LogP contribution in [0.15, 0.2) is 36.5 Å². The molecule has 0 radical (unpaired) electrons. The Morgan fingerprint density at radius 2 is 2.10 bits per heavy atom. The lowest BCUT2D eigenvalue weighted by Gasteiger charge is -2.03. The monoisotopic (exact) mass is 136 g/mol. The third-order valence-electron chi connectivity index (χ3n) is 1.62. The summed E-state index contributed by atoms with van der Waals surface area (Å²) in [6.45, 7) is 10.00. The summed E-state index contributed by atoms with van der Waals surface area (Å²) < 4.78 is 0. The first-order valence-electron chi connectivity index (χ1n) is 3.64. The highest BCUT2D eigenvalue weighted by Gasteiger charge is 1.94. The van der Waals surface area contributed by atoms with Crippen LogP contribution in [0, 0.1) is 5.92 Å². The van der Waals surface area contributed by atoms with E-state index in [1.54, 1.807) is 0 Å². The largest absolute Gasteiger partial charge is 0.102 e. The van der Waals surface area contributed by atoms with Gasteiger partial charge in [-0.3, -0.25) is 0 Å². The molecule has 0 heterocycles. The van der Waals surface area contributed by atoms with Gasteiger partial charge in [0, 0.05) is 0 Å². The molecule has 0 aliphatic heterocycles. The Kier molecular flexibility index (Phi) is 4.65. The molecule has 0 aliphatic rings. The van der Waals surface area contributed by atoms with Gasteiger partial charge in [0.2, 0.25) is 0 Å². The van der Waals surface area contributed by atoms with Crippen LogP contribution in [0.1, 0.15) is 20.8 Å². The van der Waals surface area contributed by atoms with Gasteiger partial charge in [0.15, 0.2) is 0 Å². The Morgan fingerprint density at radius 1 is 1.50 bits per heavy atom. The molecule has 0 aromatic carbocycles. The van der Waals surface area contributed by atoms with Gasteiger partial charge < -0.3 is 0 Å². The Hall–Kier alpha value is -0.780. The lowest BCUT2D eigenvalue weighted by molar-refractivity contribution is 0.866. The molecule has 0 fully saturated rings. The summed E-state index contributed by atoms with van der Waals surface area (Å²) in [6, 6.07) is 0. The van der Waals surface area contributed by atoms with Crippen molar-refractivity contribution in [2.45, 2.75) is 20.8 Å². The Morgan fingerprint density at radius 3 is 2.50 bits per heavy atom. The Labute approximate surface area is 64.0 Å². The Bertz CT molecular complexity index is 149. The highest BCUT2D eigenvalue weighted by molar-refractivity contribution is 5.15. The standard InChI is InChI=1S/C10H16/c1-5-7-8-10(4)9(3)6-2/h5-9H,2H2,1,3-4H3/b7-5-,10-8+. The summed E-state index contributed by atoms with van der Waals surface area (Å²) in [4.78, 5) is 0. The van der Waals surface area contributed by atoms with E-state index in [2.05, 4.69) is 32.6 Å². The van der Waals surface area contributed by atoms with E-state index in [1.165, 1.54) is 5.57 Å². The summed E-state index contributed by atoms with van der Waals surface area (Å²) in [5.74, 6) is 0.496. The van der Waals surface area contributed by atoms with E-state index in [1.807, 2.05) is 19.1 Å². The maximum atomic E-state index is 3.72. The van der Waals surface area contributed by atoms with Crippen LogP contribution < -0.4 is 0 Å². The van der Waals surface area contributed by atoms with E-state index in [-0.39, 0.29) is 0 Å². The van der Waals surface area contributed by atoms with Gasteiger partial charge in [-0.1, -0.05) is 36.8 Å². The van der Waals surface area contributed by atoms with Gasteiger partial charge in [-0.2, -0.15) is 0 Å². The molecule has 0 N–H and O–H groups in total. The smallest absolute Gasteiger partial charge is 0.00540 e. The fourth-order valence-corrected chi connectivity index (χ4v) is 0.586. The molecule has 0 amide bonds. The van der Waals surface area contributed by atoms with Crippen LogP contribution in [0.5, 0.6) is 0 Å². The average molecular weight is 136 g/mol. The maximum Gasteiger partial charge on any atom is -0.00540 e. The van der Waals surface area contributed by atoms with Crippen molar-refractivity contribution in [1.29, 1.82) is 0 Å². The van der Waals surface area contributed by atoms with Gasteiger partial charge >= 0.3 is 0 Å². The van der Waals surface area contributed by atoms with Gasteiger partial charge in [0.1, 0.15) is 0 Å². The van der Waals surface area contributed by atoms with Crippen LogP contribution in [0.25, 0.3) is 0 Å². The fraction of sp³-hybridized carbons (Fsp3) is 0.400. The maximum absolute atomic E-state index is 3.72. The number of rotatable bonds is 3. The van der Waals surface area contributed by atoms with Gasteiger partial charge in [0.25, 0.3) is 0 Å². The third kappa shape index (κ3) is 3.29. The zero-order valence-corrected chi connectivity index (χ0v) is 7.09. The van der Waals surface area contributed by atoms with Gasteiger partial charge in [-0.05, 0) is 19.8 Å². The summed E-state index contributed by atoms with van der Waals surface area (Å²) in [5.41, 5.74) is 1.35. The second kappa shape index (κ2) is 5.04. The molecular weight excluding hydrogens is 120 g/mol. The van der Waals surface area contributed by atoms with E-state index < -0.39 is 0 Å². The van der Waals surface area contributed by atoms with Crippen molar-refractivity contribution >= 4 is 0 Å². The van der Waals surface area contributed by atoms with Gasteiger partial charge in [-0.25, -0.2) is 0 Å². The van der Waals surface area contributed by atoms with Crippen molar-refractivity contribution in [3.05, 3.63) is 36.5 Å². The van der Waals surface area contributed by atoms with Crippen molar-refractivity contribution in [2.24, 2.45) is 5.92 Å².